The largest absolute Gasteiger partial charge is 0.507 e. The minimum absolute atomic E-state index is 0.0541. The van der Waals surface area contributed by atoms with E-state index in [2.05, 4.69) is 0 Å². The average Bonchev–Trinajstić information content (AvgIpc) is 3.10. The van der Waals surface area contributed by atoms with E-state index in [-0.39, 0.29) is 12.5 Å². The van der Waals surface area contributed by atoms with Gasteiger partial charge in [-0.2, -0.15) is 0 Å². The van der Waals surface area contributed by atoms with Crippen LogP contribution in [0, 0.1) is 0 Å². The third kappa shape index (κ3) is 2.05. The Labute approximate surface area is 136 Å². The molecule has 1 atom stereocenters. The van der Waals surface area contributed by atoms with Crippen molar-refractivity contribution >= 4 is 17.6 Å². The number of para-hydroxylation sites is 1. The molecule has 1 unspecified atom stereocenters. The normalized spacial score (nSPS) is 17.9. The van der Waals surface area contributed by atoms with Crippen molar-refractivity contribution in [2.75, 3.05) is 18.2 Å². The highest BCUT2D eigenvalue weighted by Crippen LogP contribution is 2.47. The van der Waals surface area contributed by atoms with E-state index in [1.807, 2.05) is 0 Å². The van der Waals surface area contributed by atoms with Gasteiger partial charge in [0.15, 0.2) is 11.5 Å². The third-order valence-electron chi connectivity index (χ3n) is 4.18. The van der Waals surface area contributed by atoms with Crippen LogP contribution in [0.4, 0.5) is 5.69 Å². The van der Waals surface area contributed by atoms with Crippen molar-refractivity contribution < 1.29 is 29.3 Å². The molecule has 0 aliphatic carbocycles. The molecule has 0 radical (unpaired) electrons. The molecule has 0 aromatic heterocycles. The number of carbonyl (C=O) groups excluding carboxylic acids is 1. The van der Waals surface area contributed by atoms with Crippen molar-refractivity contribution in [3.8, 4) is 17.2 Å². The molecule has 0 saturated heterocycles. The second-order valence-electron chi connectivity index (χ2n) is 5.57. The fraction of sp³-hybridized carbons (Fsp3) is 0.176. The second-order valence-corrected chi connectivity index (χ2v) is 5.57. The number of amides is 1. The van der Waals surface area contributed by atoms with Gasteiger partial charge in [-0.25, -0.2) is 0 Å². The van der Waals surface area contributed by atoms with Gasteiger partial charge in [0.05, 0.1) is 5.92 Å². The van der Waals surface area contributed by atoms with Gasteiger partial charge in [0.25, 0.3) is 0 Å². The predicted molar refractivity (Wildman–Crippen MR) is 82.5 cm³/mol. The van der Waals surface area contributed by atoms with Gasteiger partial charge < -0.3 is 24.6 Å². The van der Waals surface area contributed by atoms with Gasteiger partial charge in [0, 0.05) is 17.3 Å². The summed E-state index contributed by atoms with van der Waals surface area (Å²) >= 11 is 0. The number of carboxylic acids is 1. The Bertz CT molecular complexity index is 862. The maximum Gasteiger partial charge on any atom is 0.323 e. The number of phenolic OH excluding ortho intramolecular Hbond substituents is 1. The lowest BCUT2D eigenvalue weighted by Crippen LogP contribution is -2.34. The number of aliphatic carboxylic acids is 1. The van der Waals surface area contributed by atoms with Crippen molar-refractivity contribution in [2.24, 2.45) is 0 Å². The lowest BCUT2D eigenvalue weighted by molar-refractivity contribution is -0.136. The molecule has 2 aromatic rings. The number of carboxylic acid groups (broad SMARTS) is 1. The Morgan fingerprint density at radius 3 is 2.62 bits per heavy atom. The van der Waals surface area contributed by atoms with E-state index >= 15 is 0 Å². The molecule has 2 aliphatic rings. The lowest BCUT2D eigenvalue weighted by atomic mass is 9.91. The predicted octanol–water partition coefficient (Wildman–Crippen LogP) is 1.68. The van der Waals surface area contributed by atoms with Gasteiger partial charge in [-0.05, 0) is 17.7 Å². The number of carbonyl (C=O) groups is 2. The van der Waals surface area contributed by atoms with Crippen molar-refractivity contribution in [3.63, 3.8) is 0 Å². The number of ether oxygens (including phenoxy) is 2. The molecule has 2 N–H and O–H groups in total. The molecule has 2 aromatic carbocycles. The number of aromatic hydroxyl groups is 1. The molecule has 0 spiro atoms. The Morgan fingerprint density at radius 1 is 1.17 bits per heavy atom. The molecule has 122 valence electrons. The number of fused-ring (bicyclic) bond motifs is 2. The van der Waals surface area contributed by atoms with E-state index in [9.17, 15) is 14.7 Å². The maximum absolute atomic E-state index is 12.8. The quantitative estimate of drug-likeness (QED) is 0.890. The van der Waals surface area contributed by atoms with Gasteiger partial charge in [0.2, 0.25) is 12.7 Å². The molecular formula is C17H13NO6. The molecular weight excluding hydrogens is 314 g/mol. The first kappa shape index (κ1) is 14.4. The van der Waals surface area contributed by atoms with Crippen molar-refractivity contribution in [3.05, 3.63) is 47.5 Å². The van der Waals surface area contributed by atoms with Crippen LogP contribution >= 0.6 is 0 Å². The van der Waals surface area contributed by atoms with Gasteiger partial charge in [-0.3, -0.25) is 9.59 Å². The summed E-state index contributed by atoms with van der Waals surface area (Å²) in [5.41, 5.74) is 1.55. The molecule has 1 amide bonds. The van der Waals surface area contributed by atoms with E-state index in [1.165, 1.54) is 11.0 Å². The van der Waals surface area contributed by atoms with Crippen LogP contribution in [0.2, 0.25) is 0 Å². The van der Waals surface area contributed by atoms with Crippen LogP contribution < -0.4 is 14.4 Å². The number of rotatable bonds is 3. The Kier molecular flexibility index (Phi) is 3.09. The van der Waals surface area contributed by atoms with Crippen LogP contribution in [-0.4, -0.2) is 35.4 Å². The van der Waals surface area contributed by atoms with Crippen molar-refractivity contribution in [1.82, 2.24) is 0 Å². The van der Waals surface area contributed by atoms with E-state index in [0.29, 0.717) is 28.3 Å². The first-order valence-electron chi connectivity index (χ1n) is 7.31. The Hall–Kier alpha value is -3.22. The fourth-order valence-corrected chi connectivity index (χ4v) is 3.16. The summed E-state index contributed by atoms with van der Waals surface area (Å²) in [6.45, 7) is -0.379. The fourth-order valence-electron chi connectivity index (χ4n) is 3.16. The van der Waals surface area contributed by atoms with Gasteiger partial charge >= 0.3 is 5.97 Å². The monoisotopic (exact) mass is 327 g/mol. The van der Waals surface area contributed by atoms with Gasteiger partial charge in [0.1, 0.15) is 12.3 Å². The minimum atomic E-state index is -1.10. The molecule has 24 heavy (non-hydrogen) atoms. The zero-order chi connectivity index (χ0) is 16.8. The number of hydrogen-bond donors (Lipinski definition) is 2. The highest BCUT2D eigenvalue weighted by molar-refractivity contribution is 6.09. The standard InChI is InChI=1S/C17H13NO6/c19-12-6-14-13(23-8-24-14)5-10(12)16-9-3-1-2-4-11(9)18(17(16)22)7-15(20)21/h1-6,16,19H,7-8H2,(H,20,21). The first-order valence-corrected chi connectivity index (χ1v) is 7.31. The molecule has 7 heteroatoms. The highest BCUT2D eigenvalue weighted by atomic mass is 16.7. The van der Waals surface area contributed by atoms with Crippen LogP contribution in [0.25, 0.3) is 0 Å². The molecule has 4 rings (SSSR count). The lowest BCUT2D eigenvalue weighted by Gasteiger charge is -2.16. The SMILES string of the molecule is O=C(O)CN1C(=O)C(c2cc3c(cc2O)OCO3)c2ccccc21. The van der Waals surface area contributed by atoms with Crippen molar-refractivity contribution in [2.45, 2.75) is 5.92 Å². The summed E-state index contributed by atoms with van der Waals surface area (Å²) in [4.78, 5) is 25.1. The van der Waals surface area contributed by atoms with Gasteiger partial charge in [-0.15, -0.1) is 0 Å². The van der Waals surface area contributed by atoms with E-state index in [4.69, 9.17) is 14.6 Å². The van der Waals surface area contributed by atoms with Crippen LogP contribution in [0.5, 0.6) is 17.2 Å². The maximum atomic E-state index is 12.8. The third-order valence-corrected chi connectivity index (χ3v) is 4.18. The summed E-state index contributed by atoms with van der Waals surface area (Å²) in [5, 5.41) is 19.4. The van der Waals surface area contributed by atoms with E-state index in [1.54, 1.807) is 30.3 Å². The highest BCUT2D eigenvalue weighted by Gasteiger charge is 2.40. The number of anilines is 1. The number of benzene rings is 2. The molecule has 0 bridgehead atoms. The smallest absolute Gasteiger partial charge is 0.323 e. The average molecular weight is 327 g/mol. The molecule has 0 fully saturated rings. The molecule has 0 saturated carbocycles. The van der Waals surface area contributed by atoms with Gasteiger partial charge in [-0.1, -0.05) is 18.2 Å². The van der Waals surface area contributed by atoms with E-state index in [0.717, 1.165) is 0 Å². The van der Waals surface area contributed by atoms with Crippen LogP contribution in [0.15, 0.2) is 36.4 Å². The molecule has 7 nitrogen and oxygen atoms in total. The molecule has 2 heterocycles. The first-order chi connectivity index (χ1) is 11.6. The topological polar surface area (TPSA) is 96.3 Å². The number of nitrogens with zero attached hydrogens (tertiary/aromatic N) is 1. The summed E-state index contributed by atoms with van der Waals surface area (Å²) in [5.74, 6) is -1.51. The Morgan fingerprint density at radius 2 is 1.88 bits per heavy atom. The summed E-state index contributed by atoms with van der Waals surface area (Å²) < 4.78 is 10.5. The zero-order valence-electron chi connectivity index (χ0n) is 12.4. The van der Waals surface area contributed by atoms with E-state index < -0.39 is 24.3 Å². The second kappa shape index (κ2) is 5.16. The zero-order valence-corrected chi connectivity index (χ0v) is 12.4. The number of hydrogen-bond acceptors (Lipinski definition) is 5. The van der Waals surface area contributed by atoms with Crippen molar-refractivity contribution in [1.29, 1.82) is 0 Å². The van der Waals surface area contributed by atoms with Crippen LogP contribution in [0.1, 0.15) is 17.0 Å². The number of phenols is 1. The Balaban J connectivity index is 1.84. The van der Waals surface area contributed by atoms with Crippen LogP contribution in [-0.2, 0) is 9.59 Å². The summed E-state index contributed by atoms with van der Waals surface area (Å²) in [6, 6.07) is 9.94. The molecule has 2 aliphatic heterocycles. The minimum Gasteiger partial charge on any atom is -0.507 e. The van der Waals surface area contributed by atoms with Crippen LogP contribution in [0.3, 0.4) is 0 Å². The summed E-state index contributed by atoms with van der Waals surface area (Å²) in [6.07, 6.45) is 0. The summed E-state index contributed by atoms with van der Waals surface area (Å²) in [7, 11) is 0.